The highest BCUT2D eigenvalue weighted by molar-refractivity contribution is 7.12. The number of pyridine rings is 1. The number of benzene rings is 1. The van der Waals surface area contributed by atoms with Crippen LogP contribution in [0.25, 0.3) is 10.8 Å². The van der Waals surface area contributed by atoms with Crippen molar-refractivity contribution in [1.29, 1.82) is 0 Å². The van der Waals surface area contributed by atoms with Crippen molar-refractivity contribution in [3.8, 4) is 0 Å². The van der Waals surface area contributed by atoms with Crippen molar-refractivity contribution in [3.05, 3.63) is 63.6 Å². The average Bonchev–Trinajstić information content (AvgIpc) is 2.97. The van der Waals surface area contributed by atoms with Crippen LogP contribution in [0.2, 0.25) is 0 Å². The molecule has 106 valence electrons. The summed E-state index contributed by atoms with van der Waals surface area (Å²) in [6.07, 6.45) is 8.90. The van der Waals surface area contributed by atoms with Crippen molar-refractivity contribution in [2.24, 2.45) is 5.73 Å². The molecule has 0 saturated carbocycles. The summed E-state index contributed by atoms with van der Waals surface area (Å²) in [5, 5.41) is 2.37. The lowest BCUT2D eigenvalue weighted by Gasteiger charge is -2.12. The fraction of sp³-hybridized carbons (Fsp3) is 0.278. The van der Waals surface area contributed by atoms with Crippen molar-refractivity contribution in [2.45, 2.75) is 31.7 Å². The standard InChI is InChI=1S/C18H18N2S/c19-18(17-9-12-5-2-4-8-16(12)21-17)15-11-20-10-13-6-1-3-7-14(13)15/h1,3,6-7,9-11,18H,2,4-5,8,19H2. The van der Waals surface area contributed by atoms with E-state index in [0.717, 1.165) is 10.9 Å². The summed E-state index contributed by atoms with van der Waals surface area (Å²) in [6.45, 7) is 0. The predicted octanol–water partition coefficient (Wildman–Crippen LogP) is 4.22. The van der Waals surface area contributed by atoms with Crippen molar-refractivity contribution in [2.75, 3.05) is 0 Å². The van der Waals surface area contributed by atoms with Crippen LogP contribution in [0.15, 0.2) is 42.7 Å². The largest absolute Gasteiger partial charge is 0.320 e. The molecule has 0 saturated heterocycles. The van der Waals surface area contributed by atoms with Gasteiger partial charge in [0.2, 0.25) is 0 Å². The lowest BCUT2D eigenvalue weighted by Crippen LogP contribution is -2.11. The van der Waals surface area contributed by atoms with Crippen LogP contribution >= 0.6 is 11.3 Å². The first-order valence-electron chi connectivity index (χ1n) is 7.52. The lowest BCUT2D eigenvalue weighted by atomic mass is 9.97. The van der Waals surface area contributed by atoms with Gasteiger partial charge in [0.1, 0.15) is 0 Å². The quantitative estimate of drug-likeness (QED) is 0.768. The molecule has 0 amide bonds. The van der Waals surface area contributed by atoms with Gasteiger partial charge in [0, 0.05) is 33.1 Å². The van der Waals surface area contributed by atoms with Crippen molar-refractivity contribution >= 4 is 22.1 Å². The number of thiophene rings is 1. The van der Waals surface area contributed by atoms with Crippen molar-refractivity contribution < 1.29 is 0 Å². The molecule has 2 nitrogen and oxygen atoms in total. The normalized spacial score (nSPS) is 15.9. The first kappa shape index (κ1) is 13.0. The van der Waals surface area contributed by atoms with Gasteiger partial charge in [-0.05, 0) is 42.7 Å². The summed E-state index contributed by atoms with van der Waals surface area (Å²) in [6, 6.07) is 10.6. The van der Waals surface area contributed by atoms with Gasteiger partial charge in [0.05, 0.1) is 6.04 Å². The van der Waals surface area contributed by atoms with Crippen LogP contribution in [-0.2, 0) is 12.8 Å². The van der Waals surface area contributed by atoms with Crippen LogP contribution in [0, 0.1) is 0 Å². The minimum Gasteiger partial charge on any atom is -0.320 e. The predicted molar refractivity (Wildman–Crippen MR) is 88.7 cm³/mol. The molecule has 2 N–H and O–H groups in total. The van der Waals surface area contributed by atoms with Gasteiger partial charge < -0.3 is 5.73 Å². The van der Waals surface area contributed by atoms with E-state index in [1.54, 1.807) is 4.88 Å². The summed E-state index contributed by atoms with van der Waals surface area (Å²) in [4.78, 5) is 7.19. The third-order valence-corrected chi connectivity index (χ3v) is 5.68. The van der Waals surface area contributed by atoms with E-state index in [-0.39, 0.29) is 6.04 Å². The molecular formula is C18H18N2S. The minimum absolute atomic E-state index is 0.0702. The molecule has 3 heteroatoms. The van der Waals surface area contributed by atoms with Crippen LogP contribution in [0.1, 0.15) is 39.8 Å². The number of aryl methyl sites for hydroxylation is 2. The number of nitrogens with zero attached hydrogens (tertiary/aromatic N) is 1. The van der Waals surface area contributed by atoms with Gasteiger partial charge in [-0.1, -0.05) is 24.3 Å². The Morgan fingerprint density at radius 3 is 2.86 bits per heavy atom. The molecule has 1 aliphatic carbocycles. The molecule has 0 aliphatic heterocycles. The van der Waals surface area contributed by atoms with Gasteiger partial charge in [-0.15, -0.1) is 11.3 Å². The molecule has 2 aromatic heterocycles. The number of aromatic nitrogens is 1. The molecule has 4 rings (SSSR count). The smallest absolute Gasteiger partial charge is 0.0667 e. The second-order valence-electron chi connectivity index (χ2n) is 5.73. The average molecular weight is 294 g/mol. The number of fused-ring (bicyclic) bond motifs is 2. The van der Waals surface area contributed by atoms with E-state index >= 15 is 0 Å². The lowest BCUT2D eigenvalue weighted by molar-refractivity contribution is 0.696. The fourth-order valence-corrected chi connectivity index (χ4v) is 4.49. The van der Waals surface area contributed by atoms with E-state index in [1.165, 1.54) is 41.5 Å². The second kappa shape index (κ2) is 5.24. The van der Waals surface area contributed by atoms with E-state index in [9.17, 15) is 0 Å². The van der Waals surface area contributed by atoms with E-state index < -0.39 is 0 Å². The first-order valence-corrected chi connectivity index (χ1v) is 8.34. The number of rotatable bonds is 2. The fourth-order valence-electron chi connectivity index (χ4n) is 3.21. The highest BCUT2D eigenvalue weighted by Crippen LogP contribution is 2.35. The summed E-state index contributed by atoms with van der Waals surface area (Å²) in [5.41, 5.74) is 9.21. The van der Waals surface area contributed by atoms with E-state index in [4.69, 9.17) is 5.73 Å². The molecule has 0 bridgehead atoms. The summed E-state index contributed by atoms with van der Waals surface area (Å²) < 4.78 is 0. The molecule has 1 unspecified atom stereocenters. The van der Waals surface area contributed by atoms with Crippen LogP contribution < -0.4 is 5.73 Å². The number of hydrogen-bond donors (Lipinski definition) is 1. The molecule has 0 fully saturated rings. The SMILES string of the molecule is NC(c1cc2c(s1)CCCC2)c1cncc2ccccc12. The van der Waals surface area contributed by atoms with Gasteiger partial charge in [-0.3, -0.25) is 4.98 Å². The Bertz CT molecular complexity index is 762. The van der Waals surface area contributed by atoms with Gasteiger partial charge >= 0.3 is 0 Å². The van der Waals surface area contributed by atoms with Crippen LogP contribution in [-0.4, -0.2) is 4.98 Å². The Labute approximate surface area is 128 Å². The third-order valence-electron chi connectivity index (χ3n) is 4.36. The van der Waals surface area contributed by atoms with Gasteiger partial charge in [0.25, 0.3) is 0 Å². The van der Waals surface area contributed by atoms with Crippen LogP contribution in [0.5, 0.6) is 0 Å². The van der Waals surface area contributed by atoms with Crippen molar-refractivity contribution in [3.63, 3.8) is 0 Å². The first-order chi connectivity index (χ1) is 10.3. The Kier molecular flexibility index (Phi) is 3.24. The summed E-state index contributed by atoms with van der Waals surface area (Å²) in [7, 11) is 0. The van der Waals surface area contributed by atoms with Gasteiger partial charge in [0.15, 0.2) is 0 Å². The molecule has 0 spiro atoms. The van der Waals surface area contributed by atoms with Gasteiger partial charge in [-0.2, -0.15) is 0 Å². The Hall–Kier alpha value is -1.71. The second-order valence-corrected chi connectivity index (χ2v) is 6.90. The highest BCUT2D eigenvalue weighted by Gasteiger charge is 2.19. The van der Waals surface area contributed by atoms with Gasteiger partial charge in [-0.25, -0.2) is 0 Å². The summed E-state index contributed by atoms with van der Waals surface area (Å²) >= 11 is 1.89. The van der Waals surface area contributed by atoms with Crippen molar-refractivity contribution in [1.82, 2.24) is 4.98 Å². The Morgan fingerprint density at radius 2 is 1.95 bits per heavy atom. The zero-order chi connectivity index (χ0) is 14.2. The molecule has 2 heterocycles. The van der Waals surface area contributed by atoms with Crippen LogP contribution in [0.3, 0.4) is 0 Å². The number of nitrogens with two attached hydrogens (primary N) is 1. The van der Waals surface area contributed by atoms with E-state index in [0.29, 0.717) is 0 Å². The van der Waals surface area contributed by atoms with Crippen LogP contribution in [0.4, 0.5) is 0 Å². The Morgan fingerprint density at radius 1 is 1.10 bits per heavy atom. The number of hydrogen-bond acceptors (Lipinski definition) is 3. The molecule has 1 aromatic carbocycles. The topological polar surface area (TPSA) is 38.9 Å². The maximum Gasteiger partial charge on any atom is 0.0667 e. The van der Waals surface area contributed by atoms with E-state index in [2.05, 4.69) is 29.2 Å². The molecule has 0 radical (unpaired) electrons. The molecule has 21 heavy (non-hydrogen) atoms. The molecule has 1 atom stereocenters. The third kappa shape index (κ3) is 2.27. The molecule has 3 aromatic rings. The maximum absolute atomic E-state index is 6.56. The highest BCUT2D eigenvalue weighted by atomic mass is 32.1. The van der Waals surface area contributed by atoms with E-state index in [1.807, 2.05) is 29.8 Å². The molecule has 1 aliphatic rings. The minimum atomic E-state index is -0.0702. The summed E-state index contributed by atoms with van der Waals surface area (Å²) in [5.74, 6) is 0. The molecular weight excluding hydrogens is 276 g/mol. The zero-order valence-corrected chi connectivity index (χ0v) is 12.7. The maximum atomic E-state index is 6.56. The Balaban J connectivity index is 1.79. The zero-order valence-electron chi connectivity index (χ0n) is 11.9. The monoisotopic (exact) mass is 294 g/mol.